The molecule has 1 aliphatic rings. The quantitative estimate of drug-likeness (QED) is 0.829. The van der Waals surface area contributed by atoms with Gasteiger partial charge < -0.3 is 14.5 Å². The van der Waals surface area contributed by atoms with Gasteiger partial charge in [0.15, 0.2) is 0 Å². The zero-order chi connectivity index (χ0) is 15.2. The fourth-order valence-electron chi connectivity index (χ4n) is 2.41. The molecule has 0 radical (unpaired) electrons. The fraction of sp³-hybridized carbons (Fsp3) is 0.353. The number of carbonyl (C=O) groups excluding carboxylic acids is 1. The Morgan fingerprint density at radius 1 is 1.32 bits per heavy atom. The van der Waals surface area contributed by atoms with Crippen LogP contribution in [0.15, 0.2) is 52.2 Å². The lowest BCUT2D eigenvalue weighted by Crippen LogP contribution is -2.23. The summed E-state index contributed by atoms with van der Waals surface area (Å²) < 4.78 is 10.6. The van der Waals surface area contributed by atoms with Crippen LogP contribution in [-0.2, 0) is 11.3 Å². The molecule has 1 atom stereocenters. The van der Waals surface area contributed by atoms with Gasteiger partial charge in [0, 0.05) is 29.4 Å². The molecule has 1 aliphatic heterocycles. The van der Waals surface area contributed by atoms with Crippen molar-refractivity contribution >= 4 is 17.7 Å². The van der Waals surface area contributed by atoms with Gasteiger partial charge in [0.2, 0.25) is 0 Å². The maximum absolute atomic E-state index is 12.4. The molecule has 4 nitrogen and oxygen atoms in total. The highest BCUT2D eigenvalue weighted by Crippen LogP contribution is 2.26. The minimum Gasteiger partial charge on any atom is -0.472 e. The van der Waals surface area contributed by atoms with Crippen LogP contribution in [0.3, 0.4) is 0 Å². The third kappa shape index (κ3) is 3.93. The van der Waals surface area contributed by atoms with Crippen molar-refractivity contribution in [3.8, 4) is 0 Å². The summed E-state index contributed by atoms with van der Waals surface area (Å²) in [6.45, 7) is 1.33. The number of rotatable bonds is 6. The van der Waals surface area contributed by atoms with Crippen LogP contribution in [0.2, 0.25) is 0 Å². The molecule has 3 rings (SSSR count). The van der Waals surface area contributed by atoms with E-state index in [-0.39, 0.29) is 5.91 Å². The molecule has 116 valence electrons. The van der Waals surface area contributed by atoms with Crippen molar-refractivity contribution in [1.82, 2.24) is 5.32 Å². The third-order valence-corrected chi connectivity index (χ3v) is 4.82. The van der Waals surface area contributed by atoms with E-state index in [2.05, 4.69) is 5.32 Å². The second-order valence-electron chi connectivity index (χ2n) is 5.26. The highest BCUT2D eigenvalue weighted by molar-refractivity contribution is 7.99. The van der Waals surface area contributed by atoms with Gasteiger partial charge in [-0.25, -0.2) is 0 Å². The first-order valence-electron chi connectivity index (χ1n) is 7.45. The summed E-state index contributed by atoms with van der Waals surface area (Å²) in [5.74, 6) is 0.836. The van der Waals surface area contributed by atoms with Crippen LogP contribution in [0.5, 0.6) is 0 Å². The van der Waals surface area contributed by atoms with E-state index in [4.69, 9.17) is 9.15 Å². The molecular formula is C17H19NO3S. The molecule has 0 bridgehead atoms. The Morgan fingerprint density at radius 3 is 3.00 bits per heavy atom. The lowest BCUT2D eigenvalue weighted by atomic mass is 10.2. The minimum atomic E-state index is -0.0587. The second kappa shape index (κ2) is 7.51. The Labute approximate surface area is 134 Å². The van der Waals surface area contributed by atoms with Gasteiger partial charge in [0.05, 0.1) is 24.2 Å². The van der Waals surface area contributed by atoms with E-state index in [0.29, 0.717) is 18.2 Å². The maximum atomic E-state index is 12.4. The van der Waals surface area contributed by atoms with Gasteiger partial charge >= 0.3 is 0 Å². The number of amides is 1. The average Bonchev–Trinajstić information content (AvgIpc) is 3.24. The van der Waals surface area contributed by atoms with Crippen LogP contribution in [0.1, 0.15) is 28.8 Å². The van der Waals surface area contributed by atoms with Crippen molar-refractivity contribution in [3.63, 3.8) is 0 Å². The first-order chi connectivity index (χ1) is 10.8. The zero-order valence-electron chi connectivity index (χ0n) is 12.3. The first-order valence-corrected chi connectivity index (χ1v) is 8.44. The summed E-state index contributed by atoms with van der Waals surface area (Å²) in [6.07, 6.45) is 5.80. The predicted octanol–water partition coefficient (Wildman–Crippen LogP) is 3.48. The standard InChI is InChI=1S/C17H19NO3S/c19-17(18-10-13-7-9-20-11-13)15-5-1-2-6-16(15)22-12-14-4-3-8-21-14/h1-2,5-7,9,11,14H,3-4,8,10,12H2,(H,18,19). The zero-order valence-corrected chi connectivity index (χ0v) is 13.1. The van der Waals surface area contributed by atoms with Crippen LogP contribution < -0.4 is 5.32 Å². The molecule has 1 aromatic heterocycles. The maximum Gasteiger partial charge on any atom is 0.252 e. The number of hydrogen-bond donors (Lipinski definition) is 1. The molecule has 1 saturated heterocycles. The molecule has 0 aliphatic carbocycles. The molecular weight excluding hydrogens is 298 g/mol. The molecule has 1 aromatic carbocycles. The van der Waals surface area contributed by atoms with Crippen molar-refractivity contribution in [3.05, 3.63) is 54.0 Å². The summed E-state index contributed by atoms with van der Waals surface area (Å²) in [7, 11) is 0. The minimum absolute atomic E-state index is 0.0587. The van der Waals surface area contributed by atoms with Crippen LogP contribution in [-0.4, -0.2) is 24.4 Å². The van der Waals surface area contributed by atoms with E-state index >= 15 is 0 Å². The summed E-state index contributed by atoms with van der Waals surface area (Å²) in [4.78, 5) is 13.4. The molecule has 1 fully saturated rings. The molecule has 2 heterocycles. The van der Waals surface area contributed by atoms with Crippen molar-refractivity contribution in [1.29, 1.82) is 0 Å². The van der Waals surface area contributed by atoms with Crippen LogP contribution >= 0.6 is 11.8 Å². The smallest absolute Gasteiger partial charge is 0.252 e. The first kappa shape index (κ1) is 15.2. The highest BCUT2D eigenvalue weighted by Gasteiger charge is 2.17. The summed E-state index contributed by atoms with van der Waals surface area (Å²) in [5, 5.41) is 2.93. The monoisotopic (exact) mass is 317 g/mol. The SMILES string of the molecule is O=C(NCc1ccoc1)c1ccccc1SCC1CCCO1. The summed E-state index contributed by atoms with van der Waals surface area (Å²) in [6, 6.07) is 9.56. The normalized spacial score (nSPS) is 17.5. The van der Waals surface area contributed by atoms with Gasteiger partial charge in [-0.3, -0.25) is 4.79 Å². The summed E-state index contributed by atoms with van der Waals surface area (Å²) >= 11 is 1.69. The van der Waals surface area contributed by atoms with Gasteiger partial charge in [-0.2, -0.15) is 0 Å². The molecule has 2 aromatic rings. The largest absolute Gasteiger partial charge is 0.472 e. The van der Waals surface area contributed by atoms with E-state index in [1.54, 1.807) is 24.3 Å². The molecule has 5 heteroatoms. The molecule has 1 N–H and O–H groups in total. The average molecular weight is 317 g/mol. The van der Waals surface area contributed by atoms with Crippen molar-refractivity contribution in [2.24, 2.45) is 0 Å². The second-order valence-corrected chi connectivity index (χ2v) is 6.32. The Kier molecular flexibility index (Phi) is 5.19. The van der Waals surface area contributed by atoms with Crippen LogP contribution in [0.4, 0.5) is 0 Å². The van der Waals surface area contributed by atoms with E-state index in [9.17, 15) is 4.79 Å². The van der Waals surface area contributed by atoms with Crippen LogP contribution in [0.25, 0.3) is 0 Å². The van der Waals surface area contributed by atoms with Crippen LogP contribution in [0, 0.1) is 0 Å². The number of hydrogen-bond acceptors (Lipinski definition) is 4. The van der Waals surface area contributed by atoms with Gasteiger partial charge in [-0.15, -0.1) is 11.8 Å². The molecule has 22 heavy (non-hydrogen) atoms. The number of furan rings is 1. The number of ether oxygens (including phenoxy) is 1. The number of nitrogens with one attached hydrogen (secondary N) is 1. The van der Waals surface area contributed by atoms with E-state index in [0.717, 1.165) is 35.7 Å². The summed E-state index contributed by atoms with van der Waals surface area (Å²) in [5.41, 5.74) is 1.67. The van der Waals surface area contributed by atoms with Crippen molar-refractivity contribution in [2.75, 3.05) is 12.4 Å². The Hall–Kier alpha value is -1.72. The highest BCUT2D eigenvalue weighted by atomic mass is 32.2. The Morgan fingerprint density at radius 2 is 2.23 bits per heavy atom. The fourth-order valence-corrected chi connectivity index (χ4v) is 3.53. The van der Waals surface area contributed by atoms with Gasteiger partial charge in [0.1, 0.15) is 0 Å². The molecule has 1 unspecified atom stereocenters. The van der Waals surface area contributed by atoms with Crippen molar-refractivity contribution < 1.29 is 13.9 Å². The van der Waals surface area contributed by atoms with E-state index in [1.165, 1.54) is 0 Å². The van der Waals surface area contributed by atoms with Gasteiger partial charge in [-0.1, -0.05) is 12.1 Å². The topological polar surface area (TPSA) is 51.5 Å². The number of benzene rings is 1. The van der Waals surface area contributed by atoms with E-state index in [1.807, 2.05) is 30.3 Å². The molecule has 0 spiro atoms. The lowest BCUT2D eigenvalue weighted by Gasteiger charge is -2.12. The third-order valence-electron chi connectivity index (χ3n) is 3.61. The van der Waals surface area contributed by atoms with Gasteiger partial charge in [0.25, 0.3) is 5.91 Å². The number of carbonyl (C=O) groups is 1. The van der Waals surface area contributed by atoms with Gasteiger partial charge in [-0.05, 0) is 31.0 Å². The predicted molar refractivity (Wildman–Crippen MR) is 86.0 cm³/mol. The Bertz CT molecular complexity index is 606. The Balaban J connectivity index is 1.60. The van der Waals surface area contributed by atoms with E-state index < -0.39 is 0 Å². The van der Waals surface area contributed by atoms with Crippen molar-refractivity contribution in [2.45, 2.75) is 30.4 Å². The lowest BCUT2D eigenvalue weighted by molar-refractivity contribution is 0.0947. The molecule has 0 saturated carbocycles. The number of thioether (sulfide) groups is 1. The molecule has 1 amide bonds.